The molecule has 0 aromatic carbocycles. The van der Waals surface area contributed by atoms with Crippen molar-refractivity contribution in [1.82, 2.24) is 0 Å². The Morgan fingerprint density at radius 2 is 2.12 bits per heavy atom. The Labute approximate surface area is 103 Å². The highest BCUT2D eigenvalue weighted by molar-refractivity contribution is 7.86. The van der Waals surface area contributed by atoms with Crippen LogP contribution in [0, 0.1) is 0 Å². The smallest absolute Gasteiger partial charge is 0.346 e. The van der Waals surface area contributed by atoms with E-state index in [1.165, 1.54) is 22.7 Å². The maximum Gasteiger partial charge on any atom is 0.346 e. The van der Waals surface area contributed by atoms with E-state index in [0.29, 0.717) is 5.56 Å². The third kappa shape index (κ3) is 2.40. The van der Waals surface area contributed by atoms with Crippen molar-refractivity contribution in [2.45, 2.75) is 9.96 Å². The Morgan fingerprint density at radius 3 is 2.75 bits per heavy atom. The first kappa shape index (κ1) is 11.5. The summed E-state index contributed by atoms with van der Waals surface area (Å²) in [7, 11) is -1.15. The molecule has 2 aromatic rings. The SMILES string of the molecule is O=C(O)c1sccc1CS(=O)c1cccs1. The van der Waals surface area contributed by atoms with E-state index in [2.05, 4.69) is 0 Å². The van der Waals surface area contributed by atoms with Gasteiger partial charge >= 0.3 is 5.97 Å². The van der Waals surface area contributed by atoms with Crippen LogP contribution in [0.4, 0.5) is 0 Å². The zero-order valence-electron chi connectivity index (χ0n) is 8.08. The summed E-state index contributed by atoms with van der Waals surface area (Å²) in [5.41, 5.74) is 0.643. The topological polar surface area (TPSA) is 54.4 Å². The first-order valence-electron chi connectivity index (χ1n) is 4.40. The van der Waals surface area contributed by atoms with E-state index in [1.54, 1.807) is 17.5 Å². The highest BCUT2D eigenvalue weighted by Crippen LogP contribution is 2.22. The van der Waals surface area contributed by atoms with Gasteiger partial charge in [0.1, 0.15) is 4.88 Å². The molecular formula is C10H8O3S3. The summed E-state index contributed by atoms with van der Waals surface area (Å²) in [6, 6.07) is 5.36. The normalized spacial score (nSPS) is 12.5. The van der Waals surface area contributed by atoms with E-state index >= 15 is 0 Å². The van der Waals surface area contributed by atoms with Crippen LogP contribution in [0.1, 0.15) is 15.2 Å². The summed E-state index contributed by atoms with van der Waals surface area (Å²) >= 11 is 2.59. The fraction of sp³-hybridized carbons (Fsp3) is 0.100. The van der Waals surface area contributed by atoms with Gasteiger partial charge in [-0.2, -0.15) is 0 Å². The molecule has 2 rings (SSSR count). The van der Waals surface area contributed by atoms with Crippen molar-refractivity contribution < 1.29 is 14.1 Å². The van der Waals surface area contributed by atoms with Crippen LogP contribution in [0.2, 0.25) is 0 Å². The maximum atomic E-state index is 11.9. The van der Waals surface area contributed by atoms with Crippen LogP contribution in [0.15, 0.2) is 33.2 Å². The second kappa shape index (κ2) is 4.90. The molecule has 6 heteroatoms. The molecule has 0 saturated carbocycles. The van der Waals surface area contributed by atoms with E-state index in [1.807, 2.05) is 11.4 Å². The van der Waals surface area contributed by atoms with Crippen LogP contribution in [-0.2, 0) is 16.6 Å². The maximum absolute atomic E-state index is 11.9. The number of carbonyl (C=O) groups is 1. The van der Waals surface area contributed by atoms with Crippen LogP contribution in [0.25, 0.3) is 0 Å². The molecule has 0 fully saturated rings. The Balaban J connectivity index is 2.18. The second-order valence-electron chi connectivity index (χ2n) is 3.00. The zero-order valence-corrected chi connectivity index (χ0v) is 10.5. The van der Waals surface area contributed by atoms with Crippen LogP contribution < -0.4 is 0 Å². The lowest BCUT2D eigenvalue weighted by Gasteiger charge is -1.99. The van der Waals surface area contributed by atoms with E-state index in [4.69, 9.17) is 5.11 Å². The number of carboxylic acids is 1. The monoisotopic (exact) mass is 272 g/mol. The number of thiophene rings is 2. The minimum atomic E-state index is -1.15. The molecule has 0 radical (unpaired) electrons. The Bertz CT molecular complexity index is 513. The molecule has 0 amide bonds. The molecule has 2 heterocycles. The molecule has 16 heavy (non-hydrogen) atoms. The quantitative estimate of drug-likeness (QED) is 0.931. The lowest BCUT2D eigenvalue weighted by molar-refractivity contribution is 0.0701. The third-order valence-corrected chi connectivity index (χ3v) is 5.56. The van der Waals surface area contributed by atoms with Gasteiger partial charge in [0, 0.05) is 0 Å². The van der Waals surface area contributed by atoms with E-state index in [0.717, 1.165) is 4.21 Å². The highest BCUT2D eigenvalue weighted by Gasteiger charge is 2.15. The van der Waals surface area contributed by atoms with Gasteiger partial charge in [0.05, 0.1) is 20.8 Å². The van der Waals surface area contributed by atoms with E-state index in [9.17, 15) is 9.00 Å². The molecule has 0 aliphatic rings. The van der Waals surface area contributed by atoms with Gasteiger partial charge in [-0.3, -0.25) is 4.21 Å². The standard InChI is InChI=1S/C10H8O3S3/c11-10(12)9-7(3-5-15-9)6-16(13)8-2-1-4-14-8/h1-5H,6H2,(H,11,12). The molecule has 0 aliphatic heterocycles. The Hall–Kier alpha value is -0.980. The average Bonchev–Trinajstić information content (AvgIpc) is 2.86. The zero-order chi connectivity index (χ0) is 11.5. The predicted octanol–water partition coefficient (Wildman–Crippen LogP) is 2.82. The van der Waals surface area contributed by atoms with Gasteiger partial charge in [0.15, 0.2) is 0 Å². The largest absolute Gasteiger partial charge is 0.477 e. The van der Waals surface area contributed by atoms with Gasteiger partial charge in [0.25, 0.3) is 0 Å². The van der Waals surface area contributed by atoms with Gasteiger partial charge in [0.2, 0.25) is 0 Å². The van der Waals surface area contributed by atoms with Crippen molar-refractivity contribution in [1.29, 1.82) is 0 Å². The number of hydrogen-bond acceptors (Lipinski definition) is 4. The average molecular weight is 272 g/mol. The van der Waals surface area contributed by atoms with Crippen molar-refractivity contribution >= 4 is 39.4 Å². The van der Waals surface area contributed by atoms with E-state index < -0.39 is 16.8 Å². The third-order valence-electron chi connectivity index (χ3n) is 1.95. The van der Waals surface area contributed by atoms with Crippen molar-refractivity contribution in [3.8, 4) is 0 Å². The minimum absolute atomic E-state index is 0.269. The molecule has 0 bridgehead atoms. The summed E-state index contributed by atoms with van der Waals surface area (Å²) in [5.74, 6) is -0.681. The summed E-state index contributed by atoms with van der Waals surface area (Å²) in [6.45, 7) is 0. The fourth-order valence-electron chi connectivity index (χ4n) is 1.24. The van der Waals surface area contributed by atoms with Gasteiger partial charge in [-0.15, -0.1) is 22.7 Å². The van der Waals surface area contributed by atoms with Crippen LogP contribution >= 0.6 is 22.7 Å². The molecule has 2 aromatic heterocycles. The van der Waals surface area contributed by atoms with Gasteiger partial charge < -0.3 is 5.11 Å². The summed E-state index contributed by atoms with van der Waals surface area (Å²) in [5, 5.41) is 12.5. The van der Waals surface area contributed by atoms with Crippen LogP contribution in [-0.4, -0.2) is 15.3 Å². The first-order valence-corrected chi connectivity index (χ1v) is 7.48. The van der Waals surface area contributed by atoms with E-state index in [-0.39, 0.29) is 10.6 Å². The molecule has 1 unspecified atom stereocenters. The first-order chi connectivity index (χ1) is 7.68. The Kier molecular flexibility index (Phi) is 3.52. The molecule has 3 nitrogen and oxygen atoms in total. The van der Waals surface area contributed by atoms with Crippen molar-refractivity contribution in [3.05, 3.63) is 39.4 Å². The fourth-order valence-corrected chi connectivity index (χ4v) is 4.21. The van der Waals surface area contributed by atoms with Crippen molar-refractivity contribution in [2.24, 2.45) is 0 Å². The minimum Gasteiger partial charge on any atom is -0.477 e. The summed E-state index contributed by atoms with van der Waals surface area (Å²) in [6.07, 6.45) is 0. The number of carboxylic acid groups (broad SMARTS) is 1. The molecule has 0 aliphatic carbocycles. The Morgan fingerprint density at radius 1 is 1.31 bits per heavy atom. The van der Waals surface area contributed by atoms with Crippen molar-refractivity contribution in [2.75, 3.05) is 0 Å². The summed E-state index contributed by atoms with van der Waals surface area (Å²) < 4.78 is 12.7. The number of rotatable bonds is 4. The van der Waals surface area contributed by atoms with Crippen LogP contribution in [0.3, 0.4) is 0 Å². The van der Waals surface area contributed by atoms with Gasteiger partial charge in [-0.25, -0.2) is 4.79 Å². The van der Waals surface area contributed by atoms with Crippen LogP contribution in [0.5, 0.6) is 0 Å². The van der Waals surface area contributed by atoms with Gasteiger partial charge in [-0.05, 0) is 28.5 Å². The molecule has 0 spiro atoms. The lowest BCUT2D eigenvalue weighted by Crippen LogP contribution is -2.00. The molecule has 1 N–H and O–H groups in total. The molecule has 0 saturated heterocycles. The highest BCUT2D eigenvalue weighted by atomic mass is 32.2. The molecular weight excluding hydrogens is 264 g/mol. The summed E-state index contributed by atoms with van der Waals surface area (Å²) in [4.78, 5) is 11.1. The molecule has 84 valence electrons. The predicted molar refractivity (Wildman–Crippen MR) is 65.7 cm³/mol. The number of aromatic carboxylic acids is 1. The van der Waals surface area contributed by atoms with Crippen molar-refractivity contribution in [3.63, 3.8) is 0 Å². The van der Waals surface area contributed by atoms with Gasteiger partial charge in [-0.1, -0.05) is 6.07 Å². The second-order valence-corrected chi connectivity index (χ2v) is 6.54. The lowest BCUT2D eigenvalue weighted by atomic mass is 10.3. The number of hydrogen-bond donors (Lipinski definition) is 1. The molecule has 1 atom stereocenters.